The third-order valence-electron chi connectivity index (χ3n) is 2.61. The molecule has 0 aliphatic rings. The molecule has 106 valence electrons. The van der Waals surface area contributed by atoms with Crippen LogP contribution in [0.2, 0.25) is 0 Å². The van der Waals surface area contributed by atoms with E-state index in [0.717, 1.165) is 0 Å². The predicted octanol–water partition coefficient (Wildman–Crippen LogP) is 0.949. The fourth-order valence-electron chi connectivity index (χ4n) is 1.70. The minimum absolute atomic E-state index is 0.0418. The number of hydrogen-bond acceptors (Lipinski definition) is 4. The van der Waals surface area contributed by atoms with E-state index >= 15 is 0 Å². The maximum Gasteiger partial charge on any atom is 0.252 e. The van der Waals surface area contributed by atoms with Crippen LogP contribution in [0.1, 0.15) is 30.1 Å². The van der Waals surface area contributed by atoms with Crippen LogP contribution in [0.25, 0.3) is 0 Å². The van der Waals surface area contributed by atoms with Gasteiger partial charge in [0.1, 0.15) is 0 Å². The highest BCUT2D eigenvalue weighted by atomic mass is 32.2. The molecular weight excluding hydrogens is 264 g/mol. The van der Waals surface area contributed by atoms with E-state index in [0.29, 0.717) is 25.9 Å². The van der Waals surface area contributed by atoms with E-state index in [9.17, 15) is 13.2 Å². The van der Waals surface area contributed by atoms with Gasteiger partial charge in [-0.15, -0.1) is 0 Å². The summed E-state index contributed by atoms with van der Waals surface area (Å²) < 4.78 is 24.2. The SMILES string of the molecule is CCCS(=O)(=O)c1ccccc1C(=O)NCCCN. The van der Waals surface area contributed by atoms with Crippen molar-refractivity contribution in [2.24, 2.45) is 5.73 Å². The molecule has 1 aromatic carbocycles. The van der Waals surface area contributed by atoms with Crippen LogP contribution in [-0.2, 0) is 9.84 Å². The van der Waals surface area contributed by atoms with Crippen LogP contribution in [0.5, 0.6) is 0 Å². The number of amides is 1. The van der Waals surface area contributed by atoms with E-state index < -0.39 is 9.84 Å². The molecule has 0 aliphatic heterocycles. The molecule has 0 fully saturated rings. The molecule has 5 nitrogen and oxygen atoms in total. The number of benzene rings is 1. The number of nitrogens with two attached hydrogens (primary N) is 1. The van der Waals surface area contributed by atoms with Crippen LogP contribution >= 0.6 is 0 Å². The Morgan fingerprint density at radius 2 is 2.00 bits per heavy atom. The van der Waals surface area contributed by atoms with Crippen LogP contribution in [0.15, 0.2) is 29.2 Å². The van der Waals surface area contributed by atoms with Gasteiger partial charge in [-0.05, 0) is 31.5 Å². The lowest BCUT2D eigenvalue weighted by molar-refractivity contribution is 0.0950. The molecule has 1 amide bonds. The molecule has 19 heavy (non-hydrogen) atoms. The van der Waals surface area contributed by atoms with Crippen LogP contribution < -0.4 is 11.1 Å². The molecule has 0 unspecified atom stereocenters. The largest absolute Gasteiger partial charge is 0.352 e. The maximum absolute atomic E-state index is 12.1. The van der Waals surface area contributed by atoms with Crippen molar-refractivity contribution in [2.45, 2.75) is 24.7 Å². The summed E-state index contributed by atoms with van der Waals surface area (Å²) in [6.07, 6.45) is 1.18. The highest BCUT2D eigenvalue weighted by Gasteiger charge is 2.20. The van der Waals surface area contributed by atoms with E-state index in [1.54, 1.807) is 19.1 Å². The normalized spacial score (nSPS) is 11.3. The van der Waals surface area contributed by atoms with E-state index in [1.165, 1.54) is 12.1 Å². The fraction of sp³-hybridized carbons (Fsp3) is 0.462. The molecule has 0 heterocycles. The highest BCUT2D eigenvalue weighted by molar-refractivity contribution is 7.91. The molecule has 3 N–H and O–H groups in total. The van der Waals surface area contributed by atoms with Gasteiger partial charge in [0.05, 0.1) is 16.2 Å². The molecule has 0 spiro atoms. The molecule has 0 atom stereocenters. The first-order chi connectivity index (χ1) is 9.03. The highest BCUT2D eigenvalue weighted by Crippen LogP contribution is 2.17. The lowest BCUT2D eigenvalue weighted by Crippen LogP contribution is -2.27. The van der Waals surface area contributed by atoms with E-state index in [1.807, 2.05) is 0 Å². The van der Waals surface area contributed by atoms with Crippen molar-refractivity contribution in [3.8, 4) is 0 Å². The Kier molecular flexibility index (Phi) is 5.98. The van der Waals surface area contributed by atoms with Crippen molar-refractivity contribution in [1.82, 2.24) is 5.32 Å². The first kappa shape index (κ1) is 15.7. The summed E-state index contributed by atoms with van der Waals surface area (Å²) in [5.74, 6) is -0.330. The molecule has 0 aliphatic carbocycles. The van der Waals surface area contributed by atoms with Crippen molar-refractivity contribution in [1.29, 1.82) is 0 Å². The molecule has 6 heteroatoms. The Balaban J connectivity index is 2.99. The van der Waals surface area contributed by atoms with Crippen molar-refractivity contribution < 1.29 is 13.2 Å². The number of carbonyl (C=O) groups is 1. The van der Waals surface area contributed by atoms with Crippen LogP contribution in [0, 0.1) is 0 Å². The Hall–Kier alpha value is -1.40. The Bertz CT molecular complexity index is 526. The standard InChI is InChI=1S/C13H20N2O3S/c1-2-10-19(17,18)12-7-4-3-6-11(12)13(16)15-9-5-8-14/h3-4,6-7H,2,5,8-10,14H2,1H3,(H,15,16). The van der Waals surface area contributed by atoms with Gasteiger partial charge in [0.15, 0.2) is 9.84 Å². The second-order valence-corrected chi connectivity index (χ2v) is 6.29. The summed E-state index contributed by atoms with van der Waals surface area (Å²) in [6, 6.07) is 6.28. The van der Waals surface area contributed by atoms with Crippen LogP contribution in [0.3, 0.4) is 0 Å². The molecule has 0 bridgehead atoms. The summed E-state index contributed by atoms with van der Waals surface area (Å²) in [4.78, 5) is 12.1. The Morgan fingerprint density at radius 1 is 1.32 bits per heavy atom. The second-order valence-electron chi connectivity index (χ2n) is 4.21. The molecule has 0 radical (unpaired) electrons. The average Bonchev–Trinajstić information content (AvgIpc) is 2.39. The topological polar surface area (TPSA) is 89.3 Å². The molecule has 1 rings (SSSR count). The number of hydrogen-bond donors (Lipinski definition) is 2. The average molecular weight is 284 g/mol. The summed E-state index contributed by atoms with van der Waals surface area (Å²) in [6.45, 7) is 2.72. The Labute approximate surface area is 114 Å². The summed E-state index contributed by atoms with van der Waals surface area (Å²) >= 11 is 0. The number of nitrogens with one attached hydrogen (secondary N) is 1. The molecular formula is C13H20N2O3S. The minimum Gasteiger partial charge on any atom is -0.352 e. The van der Waals surface area contributed by atoms with Crippen LogP contribution in [-0.4, -0.2) is 33.2 Å². The third kappa shape index (κ3) is 4.33. The van der Waals surface area contributed by atoms with Gasteiger partial charge in [-0.3, -0.25) is 4.79 Å². The molecule has 0 saturated heterocycles. The van der Waals surface area contributed by atoms with Crippen molar-refractivity contribution in [3.05, 3.63) is 29.8 Å². The monoisotopic (exact) mass is 284 g/mol. The first-order valence-electron chi connectivity index (χ1n) is 6.33. The van der Waals surface area contributed by atoms with Crippen molar-refractivity contribution in [2.75, 3.05) is 18.8 Å². The summed E-state index contributed by atoms with van der Waals surface area (Å²) in [5.41, 5.74) is 5.55. The predicted molar refractivity (Wildman–Crippen MR) is 74.8 cm³/mol. The van der Waals surface area contributed by atoms with Gasteiger partial charge >= 0.3 is 0 Å². The molecule has 0 saturated carbocycles. The first-order valence-corrected chi connectivity index (χ1v) is 7.98. The number of carbonyl (C=O) groups excluding carboxylic acids is 1. The molecule has 0 aromatic heterocycles. The van der Waals surface area contributed by atoms with Gasteiger partial charge in [0.25, 0.3) is 5.91 Å². The quantitative estimate of drug-likeness (QED) is 0.729. The smallest absolute Gasteiger partial charge is 0.252 e. The maximum atomic E-state index is 12.1. The van der Waals surface area contributed by atoms with Gasteiger partial charge in [0.2, 0.25) is 0 Å². The third-order valence-corrected chi connectivity index (χ3v) is 4.58. The zero-order valence-electron chi connectivity index (χ0n) is 11.1. The van der Waals surface area contributed by atoms with Crippen LogP contribution in [0.4, 0.5) is 0 Å². The summed E-state index contributed by atoms with van der Waals surface area (Å²) in [5, 5.41) is 2.67. The van der Waals surface area contributed by atoms with Gasteiger partial charge in [-0.2, -0.15) is 0 Å². The zero-order chi connectivity index (χ0) is 14.3. The lowest BCUT2D eigenvalue weighted by Gasteiger charge is -2.10. The van der Waals surface area contributed by atoms with Gasteiger partial charge in [-0.1, -0.05) is 19.1 Å². The zero-order valence-corrected chi connectivity index (χ0v) is 11.9. The minimum atomic E-state index is -3.40. The number of sulfone groups is 1. The van der Waals surface area contributed by atoms with Gasteiger partial charge < -0.3 is 11.1 Å². The van der Waals surface area contributed by atoms with E-state index in [2.05, 4.69) is 5.32 Å². The van der Waals surface area contributed by atoms with Crippen molar-refractivity contribution in [3.63, 3.8) is 0 Å². The summed E-state index contributed by atoms with van der Waals surface area (Å²) in [7, 11) is -3.40. The lowest BCUT2D eigenvalue weighted by atomic mass is 10.2. The van der Waals surface area contributed by atoms with Gasteiger partial charge in [0, 0.05) is 6.54 Å². The number of rotatable bonds is 7. The molecule has 1 aromatic rings. The second kappa shape index (κ2) is 7.25. The Morgan fingerprint density at radius 3 is 2.63 bits per heavy atom. The fourth-order valence-corrected chi connectivity index (χ4v) is 3.24. The van der Waals surface area contributed by atoms with E-state index in [4.69, 9.17) is 5.73 Å². The van der Waals surface area contributed by atoms with E-state index in [-0.39, 0.29) is 22.1 Å². The van der Waals surface area contributed by atoms with Crippen molar-refractivity contribution >= 4 is 15.7 Å². The van der Waals surface area contributed by atoms with Gasteiger partial charge in [-0.25, -0.2) is 8.42 Å².